The fraction of sp³-hybridized carbons (Fsp3) is 0.200. The first-order valence-corrected chi connectivity index (χ1v) is 12.1. The van der Waals surface area contributed by atoms with Gasteiger partial charge in [0.1, 0.15) is 23.3 Å². The molecule has 0 unspecified atom stereocenters. The van der Waals surface area contributed by atoms with E-state index >= 15 is 0 Å². The van der Waals surface area contributed by atoms with Crippen LogP contribution in [0.4, 0.5) is 0 Å². The molecule has 0 fully saturated rings. The minimum atomic E-state index is -0.716. The van der Waals surface area contributed by atoms with E-state index in [1.807, 2.05) is 45.9 Å². The van der Waals surface area contributed by atoms with Crippen molar-refractivity contribution in [3.8, 4) is 17.2 Å². The van der Waals surface area contributed by atoms with E-state index in [0.717, 1.165) is 11.1 Å². The van der Waals surface area contributed by atoms with Crippen molar-refractivity contribution in [3.05, 3.63) is 98.9 Å². The zero-order valence-corrected chi connectivity index (χ0v) is 21.4. The second-order valence-corrected chi connectivity index (χ2v) is 9.78. The van der Waals surface area contributed by atoms with Crippen LogP contribution in [0.15, 0.2) is 70.1 Å². The summed E-state index contributed by atoms with van der Waals surface area (Å²) in [6.07, 6.45) is 1.22. The molecule has 0 radical (unpaired) electrons. The largest absolute Gasteiger partial charge is 0.460 e. The van der Waals surface area contributed by atoms with Gasteiger partial charge < -0.3 is 13.9 Å². The number of nitrogens with zero attached hydrogens (tertiary/aromatic N) is 1. The van der Waals surface area contributed by atoms with E-state index in [9.17, 15) is 19.2 Å². The van der Waals surface area contributed by atoms with Crippen LogP contribution < -0.4 is 14.9 Å². The number of hydrogen-bond acceptors (Lipinski definition) is 7. The van der Waals surface area contributed by atoms with Crippen LogP contribution in [-0.4, -0.2) is 29.2 Å². The molecule has 0 spiro atoms. The topological polar surface area (TPSA) is 103 Å². The average Bonchev–Trinajstić information content (AvgIpc) is 3.09. The monoisotopic (exact) mass is 511 g/mol. The molecule has 0 bridgehead atoms. The molecular formula is C30H25NO7. The van der Waals surface area contributed by atoms with Gasteiger partial charge in [-0.05, 0) is 73.4 Å². The lowest BCUT2D eigenvalue weighted by Gasteiger charge is -2.15. The molecule has 0 saturated carbocycles. The van der Waals surface area contributed by atoms with Crippen molar-refractivity contribution in [2.45, 2.75) is 27.7 Å². The predicted molar refractivity (Wildman–Crippen MR) is 140 cm³/mol. The number of aryl methyl sites for hydroxylation is 2. The predicted octanol–water partition coefficient (Wildman–Crippen LogP) is 5.67. The molecule has 0 aliphatic carbocycles. The second kappa shape index (κ2) is 9.63. The third-order valence-electron chi connectivity index (χ3n) is 6.10. The first kappa shape index (κ1) is 25.0. The molecule has 3 aromatic carbocycles. The van der Waals surface area contributed by atoms with Gasteiger partial charge in [-0.1, -0.05) is 19.9 Å². The summed E-state index contributed by atoms with van der Waals surface area (Å²) in [6, 6.07) is 14.3. The molecule has 1 aliphatic heterocycles. The summed E-state index contributed by atoms with van der Waals surface area (Å²) in [5.74, 6) is -0.685. The van der Waals surface area contributed by atoms with Crippen LogP contribution in [0.25, 0.3) is 11.0 Å². The molecular weight excluding hydrogens is 486 g/mol. The Morgan fingerprint density at radius 3 is 2.29 bits per heavy atom. The Bertz CT molecular complexity index is 1660. The van der Waals surface area contributed by atoms with Crippen molar-refractivity contribution < 1.29 is 28.3 Å². The number of hydrogen-bond donors (Lipinski definition) is 0. The van der Waals surface area contributed by atoms with Crippen LogP contribution >= 0.6 is 0 Å². The van der Waals surface area contributed by atoms with Gasteiger partial charge in [0.15, 0.2) is 0 Å². The van der Waals surface area contributed by atoms with Crippen LogP contribution in [0.3, 0.4) is 0 Å². The molecule has 1 aromatic heterocycles. The van der Waals surface area contributed by atoms with E-state index < -0.39 is 11.9 Å². The normalized spacial score (nSPS) is 12.8. The number of carbonyl (C=O) groups excluding carboxylic acids is 3. The summed E-state index contributed by atoms with van der Waals surface area (Å²) in [7, 11) is 0. The van der Waals surface area contributed by atoms with Gasteiger partial charge in [0.2, 0.25) is 11.2 Å². The molecule has 38 heavy (non-hydrogen) atoms. The quantitative estimate of drug-likeness (QED) is 0.187. The molecule has 2 heterocycles. The van der Waals surface area contributed by atoms with Crippen LogP contribution in [-0.2, 0) is 0 Å². The van der Waals surface area contributed by atoms with E-state index in [1.54, 1.807) is 0 Å². The highest BCUT2D eigenvalue weighted by molar-refractivity contribution is 6.22. The lowest BCUT2D eigenvalue weighted by molar-refractivity contribution is 0.0635. The maximum Gasteiger partial charge on any atom is 0.343 e. The Balaban J connectivity index is 1.36. The Kier molecular flexibility index (Phi) is 6.32. The van der Waals surface area contributed by atoms with Crippen LogP contribution in [0.1, 0.15) is 56.0 Å². The van der Waals surface area contributed by atoms with E-state index in [2.05, 4.69) is 0 Å². The van der Waals surface area contributed by atoms with Crippen molar-refractivity contribution in [3.63, 3.8) is 0 Å². The molecule has 8 nitrogen and oxygen atoms in total. The Hall–Kier alpha value is -4.72. The molecule has 192 valence electrons. The van der Waals surface area contributed by atoms with Gasteiger partial charge >= 0.3 is 5.97 Å². The van der Waals surface area contributed by atoms with E-state index in [-0.39, 0.29) is 56.4 Å². The fourth-order valence-corrected chi connectivity index (χ4v) is 4.46. The Morgan fingerprint density at radius 1 is 0.868 bits per heavy atom. The van der Waals surface area contributed by atoms with Crippen LogP contribution in [0, 0.1) is 19.8 Å². The highest BCUT2D eigenvalue weighted by atomic mass is 16.5. The maximum atomic E-state index is 13.0. The molecule has 8 heteroatoms. The SMILES string of the molecule is Cc1cc(C)cc(Oc2coc3cc(OC(=O)c4ccc5c(c4)C(=O)N(CC(C)C)C5=O)ccc3c2=O)c1. The van der Waals surface area contributed by atoms with Gasteiger partial charge in [0.25, 0.3) is 11.8 Å². The molecule has 5 rings (SSSR count). The van der Waals surface area contributed by atoms with Crippen LogP contribution in [0.5, 0.6) is 17.2 Å². The maximum absolute atomic E-state index is 13.0. The van der Waals surface area contributed by atoms with Gasteiger partial charge in [-0.2, -0.15) is 0 Å². The zero-order chi connectivity index (χ0) is 27.1. The van der Waals surface area contributed by atoms with Gasteiger partial charge in [0.05, 0.1) is 22.1 Å². The van der Waals surface area contributed by atoms with Crippen molar-refractivity contribution in [2.24, 2.45) is 5.92 Å². The van der Waals surface area contributed by atoms with Crippen molar-refractivity contribution >= 4 is 28.8 Å². The highest BCUT2D eigenvalue weighted by Crippen LogP contribution is 2.28. The zero-order valence-electron chi connectivity index (χ0n) is 21.4. The molecule has 2 amide bonds. The summed E-state index contributed by atoms with van der Waals surface area (Å²) in [4.78, 5) is 52.3. The summed E-state index contributed by atoms with van der Waals surface area (Å²) in [5.41, 5.74) is 2.41. The molecule has 4 aromatic rings. The lowest BCUT2D eigenvalue weighted by atomic mass is 10.1. The van der Waals surface area contributed by atoms with Gasteiger partial charge in [-0.25, -0.2) is 4.79 Å². The minimum absolute atomic E-state index is 0.0381. The lowest BCUT2D eigenvalue weighted by Crippen LogP contribution is -2.33. The number of amides is 2. The van der Waals surface area contributed by atoms with Crippen molar-refractivity contribution in [1.82, 2.24) is 4.90 Å². The molecule has 1 aliphatic rings. The van der Waals surface area contributed by atoms with E-state index in [0.29, 0.717) is 12.3 Å². The Morgan fingerprint density at radius 2 is 1.58 bits per heavy atom. The van der Waals surface area contributed by atoms with Gasteiger partial charge in [-0.15, -0.1) is 0 Å². The minimum Gasteiger partial charge on any atom is -0.460 e. The number of esters is 1. The smallest absolute Gasteiger partial charge is 0.343 e. The standard InChI is InChI=1S/C30H25NO7/c1-16(2)14-31-28(33)22-7-5-19(12-24(22)29(31)34)30(35)38-20-6-8-23-25(13-20)36-15-26(27(23)32)37-21-10-17(3)9-18(4)11-21/h5-13,15-16H,14H2,1-4H3. The Labute approximate surface area is 218 Å². The average molecular weight is 512 g/mol. The fourth-order valence-electron chi connectivity index (χ4n) is 4.46. The third-order valence-corrected chi connectivity index (χ3v) is 6.10. The van der Waals surface area contributed by atoms with Crippen molar-refractivity contribution in [1.29, 1.82) is 0 Å². The summed E-state index contributed by atoms with van der Waals surface area (Å²) < 4.78 is 16.8. The number of benzene rings is 3. The number of ether oxygens (including phenoxy) is 2. The number of carbonyl (C=O) groups is 3. The summed E-state index contributed by atoms with van der Waals surface area (Å²) in [5, 5.41) is 0.263. The highest BCUT2D eigenvalue weighted by Gasteiger charge is 2.36. The first-order valence-electron chi connectivity index (χ1n) is 12.1. The van der Waals surface area contributed by atoms with Crippen LogP contribution in [0.2, 0.25) is 0 Å². The number of imide groups is 1. The number of rotatable bonds is 6. The van der Waals surface area contributed by atoms with Crippen molar-refractivity contribution in [2.75, 3.05) is 6.54 Å². The van der Waals surface area contributed by atoms with Gasteiger partial charge in [-0.3, -0.25) is 19.3 Å². The summed E-state index contributed by atoms with van der Waals surface area (Å²) in [6.45, 7) is 8.00. The number of fused-ring (bicyclic) bond motifs is 2. The third kappa shape index (κ3) is 4.68. The van der Waals surface area contributed by atoms with Gasteiger partial charge in [0, 0.05) is 12.6 Å². The van der Waals surface area contributed by atoms with E-state index in [1.165, 1.54) is 47.6 Å². The molecule has 0 saturated heterocycles. The molecule has 0 atom stereocenters. The summed E-state index contributed by atoms with van der Waals surface area (Å²) >= 11 is 0. The molecule has 0 N–H and O–H groups in total. The second-order valence-electron chi connectivity index (χ2n) is 9.78. The first-order chi connectivity index (χ1) is 18.1. The van der Waals surface area contributed by atoms with E-state index in [4.69, 9.17) is 13.9 Å².